The second kappa shape index (κ2) is 5.69. The lowest BCUT2D eigenvalue weighted by atomic mass is 9.94. The molecule has 0 aliphatic carbocycles. The van der Waals surface area contributed by atoms with E-state index in [4.69, 9.17) is 4.74 Å². The van der Waals surface area contributed by atoms with Gasteiger partial charge in [-0.2, -0.15) is 0 Å². The number of phenols is 1. The molecule has 2 atom stereocenters. The lowest BCUT2D eigenvalue weighted by Gasteiger charge is -2.37. The molecule has 2 amide bonds. The summed E-state index contributed by atoms with van der Waals surface area (Å²) in [6.07, 6.45) is 1.36. The summed E-state index contributed by atoms with van der Waals surface area (Å²) in [6.45, 7) is 5.99. The van der Waals surface area contributed by atoms with Crippen molar-refractivity contribution >= 4 is 12.0 Å². The van der Waals surface area contributed by atoms with E-state index >= 15 is 0 Å². The van der Waals surface area contributed by atoms with E-state index in [2.05, 4.69) is 5.32 Å². The highest BCUT2D eigenvalue weighted by Gasteiger charge is 2.57. The van der Waals surface area contributed by atoms with E-state index < -0.39 is 17.2 Å². The van der Waals surface area contributed by atoms with Crippen LogP contribution in [0.3, 0.4) is 0 Å². The fraction of sp³-hybridized carbons (Fsp3) is 0.556. The number of hydrogen-bond donors (Lipinski definition) is 2. The third-order valence-electron chi connectivity index (χ3n) is 4.70. The van der Waals surface area contributed by atoms with Crippen molar-refractivity contribution in [3.63, 3.8) is 0 Å². The fourth-order valence-electron chi connectivity index (χ4n) is 3.71. The van der Waals surface area contributed by atoms with Gasteiger partial charge >= 0.3 is 6.09 Å². The Morgan fingerprint density at radius 2 is 2.12 bits per heavy atom. The Bertz CT molecular complexity index is 667. The third-order valence-corrected chi connectivity index (χ3v) is 4.70. The zero-order valence-corrected chi connectivity index (χ0v) is 14.3. The van der Waals surface area contributed by atoms with Gasteiger partial charge in [-0.15, -0.1) is 0 Å². The minimum absolute atomic E-state index is 0.115. The van der Waals surface area contributed by atoms with E-state index in [0.717, 1.165) is 5.56 Å². The maximum atomic E-state index is 12.9. The normalized spacial score (nSPS) is 26.7. The van der Waals surface area contributed by atoms with Crippen molar-refractivity contribution in [3.05, 3.63) is 29.8 Å². The van der Waals surface area contributed by atoms with Crippen LogP contribution in [0.1, 0.15) is 51.6 Å². The van der Waals surface area contributed by atoms with E-state index in [-0.39, 0.29) is 17.7 Å². The van der Waals surface area contributed by atoms with Gasteiger partial charge in [0.25, 0.3) is 0 Å². The van der Waals surface area contributed by atoms with Crippen molar-refractivity contribution in [2.24, 2.45) is 0 Å². The Balaban J connectivity index is 2.00. The van der Waals surface area contributed by atoms with Gasteiger partial charge in [0.05, 0.1) is 6.04 Å². The quantitative estimate of drug-likeness (QED) is 0.829. The van der Waals surface area contributed by atoms with Crippen LogP contribution >= 0.6 is 0 Å². The second-order valence-electron chi connectivity index (χ2n) is 7.54. The molecule has 0 unspecified atom stereocenters. The molecule has 0 aromatic heterocycles. The molecule has 1 aromatic rings. The van der Waals surface area contributed by atoms with Crippen molar-refractivity contribution in [2.75, 3.05) is 6.54 Å². The average molecular weight is 332 g/mol. The lowest BCUT2D eigenvalue weighted by Crippen LogP contribution is -2.54. The van der Waals surface area contributed by atoms with Gasteiger partial charge in [0.15, 0.2) is 0 Å². The molecule has 2 heterocycles. The Hall–Kier alpha value is -2.24. The molecule has 130 valence electrons. The maximum Gasteiger partial charge on any atom is 0.411 e. The van der Waals surface area contributed by atoms with Crippen LogP contribution in [0.2, 0.25) is 0 Å². The number of benzene rings is 1. The van der Waals surface area contributed by atoms with E-state index in [1.807, 2.05) is 26.8 Å². The fourth-order valence-corrected chi connectivity index (χ4v) is 3.71. The van der Waals surface area contributed by atoms with Crippen molar-refractivity contribution in [2.45, 2.75) is 57.2 Å². The third kappa shape index (κ3) is 2.81. The van der Waals surface area contributed by atoms with Gasteiger partial charge in [-0.25, -0.2) is 4.79 Å². The van der Waals surface area contributed by atoms with Crippen LogP contribution < -0.4 is 5.32 Å². The summed E-state index contributed by atoms with van der Waals surface area (Å²) in [6, 6.07) is 6.57. The van der Waals surface area contributed by atoms with Gasteiger partial charge in [-0.1, -0.05) is 12.1 Å². The molecule has 2 saturated heterocycles. The second-order valence-corrected chi connectivity index (χ2v) is 7.54. The number of phenolic OH excluding ortho intramolecular Hbond substituents is 1. The smallest absolute Gasteiger partial charge is 0.411 e. The van der Waals surface area contributed by atoms with Crippen LogP contribution in [0.25, 0.3) is 0 Å². The predicted molar refractivity (Wildman–Crippen MR) is 88.5 cm³/mol. The van der Waals surface area contributed by atoms with Crippen LogP contribution in [-0.4, -0.2) is 39.7 Å². The SMILES string of the molecule is CC(C)(C)OC(=O)N1[C@@H](c2cccc(O)c2)CC[C@]12CCNC2=O. The molecule has 2 aliphatic heterocycles. The molecule has 24 heavy (non-hydrogen) atoms. The Labute approximate surface area is 141 Å². The molecule has 0 bridgehead atoms. The number of carbonyl (C=O) groups is 2. The summed E-state index contributed by atoms with van der Waals surface area (Å²) in [7, 11) is 0. The lowest BCUT2D eigenvalue weighted by molar-refractivity contribution is -0.129. The summed E-state index contributed by atoms with van der Waals surface area (Å²) in [4.78, 5) is 27.0. The molecule has 0 saturated carbocycles. The summed E-state index contributed by atoms with van der Waals surface area (Å²) in [5.41, 5.74) is -0.671. The first-order valence-electron chi connectivity index (χ1n) is 8.32. The van der Waals surface area contributed by atoms with Gasteiger partial charge in [-0.3, -0.25) is 9.69 Å². The highest BCUT2D eigenvalue weighted by atomic mass is 16.6. The predicted octanol–water partition coefficient (Wildman–Crippen LogP) is 2.72. The van der Waals surface area contributed by atoms with Crippen LogP contribution in [0, 0.1) is 0 Å². The first-order valence-corrected chi connectivity index (χ1v) is 8.32. The summed E-state index contributed by atoms with van der Waals surface area (Å²) in [5.74, 6) is 0.0319. The van der Waals surface area contributed by atoms with Crippen molar-refractivity contribution in [1.82, 2.24) is 10.2 Å². The van der Waals surface area contributed by atoms with E-state index in [9.17, 15) is 14.7 Å². The molecule has 1 aromatic carbocycles. The Kier molecular flexibility index (Phi) is 3.94. The Morgan fingerprint density at radius 3 is 2.71 bits per heavy atom. The average Bonchev–Trinajstić information content (AvgIpc) is 3.03. The van der Waals surface area contributed by atoms with E-state index in [0.29, 0.717) is 25.8 Å². The number of ether oxygens (including phenoxy) is 1. The molecule has 6 nitrogen and oxygen atoms in total. The number of rotatable bonds is 1. The molecular weight excluding hydrogens is 308 g/mol. The molecular formula is C18H24N2O4. The van der Waals surface area contributed by atoms with Crippen molar-refractivity contribution in [1.29, 1.82) is 0 Å². The van der Waals surface area contributed by atoms with Crippen molar-refractivity contribution < 1.29 is 19.4 Å². The van der Waals surface area contributed by atoms with Crippen LogP contribution in [0.5, 0.6) is 5.75 Å². The summed E-state index contributed by atoms with van der Waals surface area (Å²) in [5, 5.41) is 12.6. The van der Waals surface area contributed by atoms with Gasteiger partial charge < -0.3 is 15.2 Å². The number of carbonyl (C=O) groups excluding carboxylic acids is 2. The first kappa shape index (κ1) is 16.6. The summed E-state index contributed by atoms with van der Waals surface area (Å²) >= 11 is 0. The number of nitrogens with zero attached hydrogens (tertiary/aromatic N) is 1. The number of amides is 2. The highest BCUT2D eigenvalue weighted by molar-refractivity contribution is 5.92. The molecule has 3 rings (SSSR count). The topological polar surface area (TPSA) is 78.9 Å². The van der Waals surface area contributed by atoms with Gasteiger partial charge in [0.1, 0.15) is 16.9 Å². The highest BCUT2D eigenvalue weighted by Crippen LogP contribution is 2.47. The first-order chi connectivity index (χ1) is 11.2. The zero-order chi connectivity index (χ0) is 17.5. The maximum absolute atomic E-state index is 12.9. The van der Waals surface area contributed by atoms with E-state index in [1.54, 1.807) is 23.1 Å². The van der Waals surface area contributed by atoms with E-state index in [1.165, 1.54) is 0 Å². The van der Waals surface area contributed by atoms with Gasteiger partial charge in [0.2, 0.25) is 5.91 Å². The molecule has 0 radical (unpaired) electrons. The van der Waals surface area contributed by atoms with Crippen LogP contribution in [0.15, 0.2) is 24.3 Å². The monoisotopic (exact) mass is 332 g/mol. The minimum atomic E-state index is -0.849. The molecule has 2 fully saturated rings. The van der Waals surface area contributed by atoms with Gasteiger partial charge in [0, 0.05) is 6.54 Å². The van der Waals surface area contributed by atoms with Crippen LogP contribution in [0.4, 0.5) is 4.79 Å². The summed E-state index contributed by atoms with van der Waals surface area (Å²) < 4.78 is 5.58. The largest absolute Gasteiger partial charge is 0.508 e. The van der Waals surface area contributed by atoms with Crippen LogP contribution in [-0.2, 0) is 9.53 Å². The number of aromatic hydroxyl groups is 1. The van der Waals surface area contributed by atoms with Crippen molar-refractivity contribution in [3.8, 4) is 5.75 Å². The molecule has 1 spiro atoms. The molecule has 2 aliphatic rings. The molecule has 6 heteroatoms. The Morgan fingerprint density at radius 1 is 1.38 bits per heavy atom. The molecule has 2 N–H and O–H groups in total. The number of hydrogen-bond acceptors (Lipinski definition) is 4. The number of nitrogens with one attached hydrogen (secondary N) is 1. The minimum Gasteiger partial charge on any atom is -0.508 e. The van der Waals surface area contributed by atoms with Gasteiger partial charge in [-0.05, 0) is 57.7 Å². The standard InChI is InChI=1S/C18H24N2O4/c1-17(2,3)24-16(23)20-14(12-5-4-6-13(21)11-12)7-8-18(20)9-10-19-15(18)22/h4-6,11,14,21H,7-10H2,1-3H3,(H,19,22)/t14-,18-/m1/s1. The number of likely N-dealkylation sites (tertiary alicyclic amines) is 1. The zero-order valence-electron chi connectivity index (χ0n) is 14.3.